The molecule has 2 N–H and O–H groups in total. The Labute approximate surface area is 111 Å². The average Bonchev–Trinajstić information content (AvgIpc) is 2.88. The third kappa shape index (κ3) is 2.40. The number of hydrogen-bond acceptors (Lipinski definition) is 4. The number of aliphatic hydroxyl groups excluding tert-OH is 1. The molecule has 0 aromatic carbocycles. The highest BCUT2D eigenvalue weighted by Crippen LogP contribution is 2.31. The molecule has 1 heterocycles. The summed E-state index contributed by atoms with van der Waals surface area (Å²) >= 11 is 5.89. The molecule has 6 nitrogen and oxygen atoms in total. The van der Waals surface area contributed by atoms with Crippen molar-refractivity contribution in [1.82, 2.24) is 14.3 Å². The first-order valence-electron chi connectivity index (χ1n) is 5.72. The van der Waals surface area contributed by atoms with Crippen LogP contribution in [-0.2, 0) is 17.1 Å². The monoisotopic (exact) mass is 293 g/mol. The Morgan fingerprint density at radius 3 is 2.61 bits per heavy atom. The summed E-state index contributed by atoms with van der Waals surface area (Å²) in [6, 6.07) is 0. The van der Waals surface area contributed by atoms with E-state index >= 15 is 0 Å². The van der Waals surface area contributed by atoms with E-state index in [0.29, 0.717) is 12.8 Å². The number of aryl methyl sites for hydroxylation is 1. The number of nitrogens with zero attached hydrogens (tertiary/aromatic N) is 2. The van der Waals surface area contributed by atoms with Crippen LogP contribution in [0, 0.1) is 0 Å². The average molecular weight is 294 g/mol. The zero-order valence-corrected chi connectivity index (χ0v) is 11.6. The van der Waals surface area contributed by atoms with Crippen molar-refractivity contribution in [2.24, 2.45) is 7.05 Å². The van der Waals surface area contributed by atoms with Crippen molar-refractivity contribution in [3.8, 4) is 0 Å². The van der Waals surface area contributed by atoms with Gasteiger partial charge in [0.25, 0.3) is 10.0 Å². The summed E-state index contributed by atoms with van der Waals surface area (Å²) in [5, 5.41) is 9.29. The van der Waals surface area contributed by atoms with Crippen LogP contribution in [0.1, 0.15) is 25.7 Å². The number of hydrogen-bond donors (Lipinski definition) is 2. The van der Waals surface area contributed by atoms with Crippen molar-refractivity contribution in [3.63, 3.8) is 0 Å². The molecule has 0 radical (unpaired) electrons. The van der Waals surface area contributed by atoms with Crippen molar-refractivity contribution in [2.75, 3.05) is 6.61 Å². The van der Waals surface area contributed by atoms with E-state index in [2.05, 4.69) is 9.71 Å². The number of aliphatic hydroxyl groups is 1. The van der Waals surface area contributed by atoms with Gasteiger partial charge in [0, 0.05) is 7.05 Å². The summed E-state index contributed by atoms with van der Waals surface area (Å²) in [6.45, 7) is -0.212. The van der Waals surface area contributed by atoms with Crippen LogP contribution in [0.15, 0.2) is 11.4 Å². The van der Waals surface area contributed by atoms with Gasteiger partial charge in [-0.3, -0.25) is 0 Å². The van der Waals surface area contributed by atoms with E-state index in [1.165, 1.54) is 10.9 Å². The van der Waals surface area contributed by atoms with Gasteiger partial charge < -0.3 is 9.67 Å². The van der Waals surface area contributed by atoms with Gasteiger partial charge >= 0.3 is 0 Å². The summed E-state index contributed by atoms with van der Waals surface area (Å²) in [6.07, 6.45) is 4.41. The van der Waals surface area contributed by atoms with Crippen molar-refractivity contribution >= 4 is 21.6 Å². The first kappa shape index (κ1) is 13.8. The SMILES string of the molecule is Cn1cnc(S(=O)(=O)NC2(CO)CCCC2)c1Cl. The van der Waals surface area contributed by atoms with Crippen LogP contribution in [0.4, 0.5) is 0 Å². The normalized spacial score (nSPS) is 19.3. The van der Waals surface area contributed by atoms with Crippen LogP contribution in [0.3, 0.4) is 0 Å². The zero-order chi connectivity index (χ0) is 13.4. The number of nitrogens with one attached hydrogen (secondary N) is 1. The largest absolute Gasteiger partial charge is 0.394 e. The fraction of sp³-hybridized carbons (Fsp3) is 0.700. The number of imidazole rings is 1. The molecule has 1 aliphatic carbocycles. The van der Waals surface area contributed by atoms with E-state index in [0.717, 1.165) is 12.8 Å². The van der Waals surface area contributed by atoms with E-state index < -0.39 is 15.6 Å². The molecule has 0 unspecified atom stereocenters. The molecule has 1 aromatic rings. The van der Waals surface area contributed by atoms with Crippen LogP contribution in [0.2, 0.25) is 5.15 Å². The molecule has 102 valence electrons. The molecule has 0 spiro atoms. The molecule has 0 bridgehead atoms. The van der Waals surface area contributed by atoms with E-state index in [9.17, 15) is 13.5 Å². The van der Waals surface area contributed by atoms with Crippen molar-refractivity contribution in [1.29, 1.82) is 0 Å². The maximum absolute atomic E-state index is 12.2. The van der Waals surface area contributed by atoms with Gasteiger partial charge in [-0.1, -0.05) is 24.4 Å². The van der Waals surface area contributed by atoms with E-state index in [-0.39, 0.29) is 16.8 Å². The van der Waals surface area contributed by atoms with E-state index in [4.69, 9.17) is 11.6 Å². The van der Waals surface area contributed by atoms with Crippen LogP contribution >= 0.6 is 11.6 Å². The maximum Gasteiger partial charge on any atom is 0.261 e. The van der Waals surface area contributed by atoms with Crippen molar-refractivity contribution in [3.05, 3.63) is 11.5 Å². The van der Waals surface area contributed by atoms with E-state index in [1.807, 2.05) is 0 Å². The first-order chi connectivity index (χ1) is 8.40. The van der Waals surface area contributed by atoms with Crippen LogP contribution in [-0.4, -0.2) is 35.2 Å². The molecule has 8 heteroatoms. The zero-order valence-electron chi connectivity index (χ0n) is 10.1. The summed E-state index contributed by atoms with van der Waals surface area (Å²) in [5.41, 5.74) is -0.764. The smallest absolute Gasteiger partial charge is 0.261 e. The fourth-order valence-corrected chi connectivity index (χ4v) is 4.14. The predicted molar refractivity (Wildman–Crippen MR) is 66.8 cm³/mol. The Bertz CT molecular complexity index is 535. The van der Waals surface area contributed by atoms with Gasteiger partial charge in [0.05, 0.1) is 18.5 Å². The highest BCUT2D eigenvalue weighted by Gasteiger charge is 2.38. The van der Waals surface area contributed by atoms with Crippen molar-refractivity contribution < 1.29 is 13.5 Å². The molecule has 1 aromatic heterocycles. The lowest BCUT2D eigenvalue weighted by atomic mass is 10.0. The number of sulfonamides is 1. The minimum Gasteiger partial charge on any atom is -0.394 e. The molecule has 0 atom stereocenters. The number of rotatable bonds is 4. The third-order valence-electron chi connectivity index (χ3n) is 3.30. The highest BCUT2D eigenvalue weighted by molar-refractivity contribution is 7.89. The van der Waals surface area contributed by atoms with E-state index in [1.54, 1.807) is 7.05 Å². The molecular formula is C10H16ClN3O3S. The molecule has 1 aliphatic rings. The Hall–Kier alpha value is -0.630. The minimum atomic E-state index is -3.80. The predicted octanol–water partition coefficient (Wildman–Crippen LogP) is 0.657. The Morgan fingerprint density at radius 1 is 1.56 bits per heavy atom. The molecule has 0 amide bonds. The second-order valence-electron chi connectivity index (χ2n) is 4.70. The van der Waals surface area contributed by atoms with Crippen LogP contribution < -0.4 is 4.72 Å². The molecule has 1 saturated carbocycles. The Morgan fingerprint density at radius 2 is 2.17 bits per heavy atom. The van der Waals surface area contributed by atoms with Gasteiger partial charge in [-0.15, -0.1) is 0 Å². The second kappa shape index (κ2) is 4.80. The summed E-state index contributed by atoms with van der Waals surface area (Å²) in [5.74, 6) is 0. The lowest BCUT2D eigenvalue weighted by Gasteiger charge is -2.26. The molecule has 18 heavy (non-hydrogen) atoms. The van der Waals surface area contributed by atoms with Gasteiger partial charge in [-0.05, 0) is 12.8 Å². The topological polar surface area (TPSA) is 84.2 Å². The second-order valence-corrected chi connectivity index (χ2v) is 6.66. The molecule has 1 fully saturated rings. The lowest BCUT2D eigenvalue weighted by molar-refractivity contribution is 0.185. The minimum absolute atomic E-state index is 0.0635. The summed E-state index contributed by atoms with van der Waals surface area (Å²) in [7, 11) is -2.18. The van der Waals surface area contributed by atoms with Crippen LogP contribution in [0.25, 0.3) is 0 Å². The first-order valence-corrected chi connectivity index (χ1v) is 7.58. The van der Waals surface area contributed by atoms with Gasteiger partial charge in [0.1, 0.15) is 5.15 Å². The highest BCUT2D eigenvalue weighted by atomic mass is 35.5. The maximum atomic E-state index is 12.2. The summed E-state index contributed by atoms with van der Waals surface area (Å²) < 4.78 is 28.4. The molecular weight excluding hydrogens is 278 g/mol. The fourth-order valence-electron chi connectivity index (χ4n) is 2.25. The number of halogens is 1. The Kier molecular flexibility index (Phi) is 3.68. The third-order valence-corrected chi connectivity index (χ3v) is 5.37. The van der Waals surface area contributed by atoms with Gasteiger partial charge in [-0.25, -0.2) is 18.1 Å². The molecule has 2 rings (SSSR count). The van der Waals surface area contributed by atoms with Crippen molar-refractivity contribution in [2.45, 2.75) is 36.2 Å². The van der Waals surface area contributed by atoms with Gasteiger partial charge in [0.2, 0.25) is 5.03 Å². The molecule has 0 saturated heterocycles. The van der Waals surface area contributed by atoms with Crippen LogP contribution in [0.5, 0.6) is 0 Å². The van der Waals surface area contributed by atoms with Gasteiger partial charge in [0.15, 0.2) is 0 Å². The lowest BCUT2D eigenvalue weighted by Crippen LogP contribution is -2.49. The van der Waals surface area contributed by atoms with Gasteiger partial charge in [-0.2, -0.15) is 0 Å². The molecule has 0 aliphatic heterocycles. The quantitative estimate of drug-likeness (QED) is 0.854. The Balaban J connectivity index is 2.30. The number of aromatic nitrogens is 2. The summed E-state index contributed by atoms with van der Waals surface area (Å²) in [4.78, 5) is 3.79. The standard InChI is InChI=1S/C10H16ClN3O3S/c1-14-7-12-9(8(14)11)18(16,17)13-10(6-15)4-2-3-5-10/h7,13,15H,2-6H2,1H3.